The maximum Gasteiger partial charge on any atom is 0.192 e. The summed E-state index contributed by atoms with van der Waals surface area (Å²) in [4.78, 5) is 0. The van der Waals surface area contributed by atoms with E-state index in [-0.39, 0.29) is 5.60 Å². The van der Waals surface area contributed by atoms with Gasteiger partial charge in [-0.05, 0) is 69.3 Å². The van der Waals surface area contributed by atoms with Crippen LogP contribution >= 0.6 is 0 Å². The molecule has 1 nitrogen and oxygen atoms in total. The molecule has 0 amide bonds. The van der Waals surface area contributed by atoms with Crippen LogP contribution in [0.2, 0.25) is 19.1 Å². The van der Waals surface area contributed by atoms with Crippen molar-refractivity contribution in [2.24, 2.45) is 5.92 Å². The van der Waals surface area contributed by atoms with Gasteiger partial charge in [0.2, 0.25) is 0 Å². The molecular weight excluding hydrogens is 248 g/mol. The molecular formula is C17H28OSi. The zero-order chi connectivity index (χ0) is 14.3. The third kappa shape index (κ3) is 2.66. The predicted octanol–water partition coefficient (Wildman–Crippen LogP) is 5.23. The topological polar surface area (TPSA) is 9.23 Å². The average molecular weight is 276 g/mol. The summed E-state index contributed by atoms with van der Waals surface area (Å²) in [5, 5.41) is 0. The Morgan fingerprint density at radius 2 is 2.16 bits per heavy atom. The number of rotatable bonds is 1. The summed E-state index contributed by atoms with van der Waals surface area (Å²) in [6.07, 6.45) is 8.04. The van der Waals surface area contributed by atoms with Crippen molar-refractivity contribution in [3.63, 3.8) is 0 Å². The van der Waals surface area contributed by atoms with E-state index in [1.54, 1.807) is 0 Å². The lowest BCUT2D eigenvalue weighted by Gasteiger charge is -2.50. The van der Waals surface area contributed by atoms with Gasteiger partial charge in [-0.2, -0.15) is 0 Å². The Balaban J connectivity index is 2.56. The smallest absolute Gasteiger partial charge is 0.192 e. The molecule has 1 spiro atoms. The minimum absolute atomic E-state index is 0.147. The van der Waals surface area contributed by atoms with E-state index in [2.05, 4.69) is 46.5 Å². The summed E-state index contributed by atoms with van der Waals surface area (Å²) in [7, 11) is -1.58. The van der Waals surface area contributed by atoms with E-state index in [1.807, 2.05) is 6.08 Å². The summed E-state index contributed by atoms with van der Waals surface area (Å²) < 4.78 is 6.79. The third-order valence-electron chi connectivity index (χ3n) is 4.56. The molecule has 0 bridgehead atoms. The van der Waals surface area contributed by atoms with Gasteiger partial charge in [0.1, 0.15) is 5.60 Å². The fraction of sp³-hybridized carbons (Fsp3) is 0.647. The zero-order valence-corrected chi connectivity index (χ0v) is 14.2. The van der Waals surface area contributed by atoms with E-state index in [9.17, 15) is 0 Å². The Bertz CT molecular complexity index is 440. The van der Waals surface area contributed by atoms with Crippen molar-refractivity contribution in [1.29, 1.82) is 0 Å². The van der Waals surface area contributed by atoms with E-state index in [1.165, 1.54) is 29.6 Å². The van der Waals surface area contributed by atoms with Crippen LogP contribution in [0.25, 0.3) is 0 Å². The van der Waals surface area contributed by atoms with Gasteiger partial charge in [-0.1, -0.05) is 31.2 Å². The number of hydrogen-bond acceptors (Lipinski definition) is 1. The van der Waals surface area contributed by atoms with E-state index < -0.39 is 8.32 Å². The molecule has 1 saturated carbocycles. The lowest BCUT2D eigenvalue weighted by atomic mass is 9.70. The Labute approximate surface area is 119 Å². The molecule has 0 aromatic carbocycles. The molecule has 0 saturated heterocycles. The van der Waals surface area contributed by atoms with Gasteiger partial charge < -0.3 is 4.43 Å². The third-order valence-corrected chi connectivity index (χ3v) is 6.65. The monoisotopic (exact) mass is 276 g/mol. The summed E-state index contributed by atoms with van der Waals surface area (Å²) in [6.45, 7) is 15.6. The second-order valence-electron chi connectivity index (χ2n) is 7.08. The molecule has 1 aliphatic carbocycles. The van der Waals surface area contributed by atoms with Crippen LogP contribution in [0.15, 0.2) is 35.5 Å². The maximum absolute atomic E-state index is 6.79. The van der Waals surface area contributed by atoms with Crippen molar-refractivity contribution in [3.8, 4) is 0 Å². The molecule has 0 radical (unpaired) electrons. The average Bonchev–Trinajstić information content (AvgIpc) is 2.27. The van der Waals surface area contributed by atoms with Crippen molar-refractivity contribution in [2.75, 3.05) is 0 Å². The number of hydrogen-bond donors (Lipinski definition) is 0. The molecule has 1 aliphatic heterocycles. The van der Waals surface area contributed by atoms with Gasteiger partial charge in [0, 0.05) is 0 Å². The summed E-state index contributed by atoms with van der Waals surface area (Å²) in [6, 6.07) is 1.11. The molecule has 1 heterocycles. The molecule has 19 heavy (non-hydrogen) atoms. The van der Waals surface area contributed by atoms with Crippen LogP contribution in [0, 0.1) is 5.92 Å². The van der Waals surface area contributed by atoms with Crippen molar-refractivity contribution in [2.45, 2.75) is 64.8 Å². The lowest BCUT2D eigenvalue weighted by molar-refractivity contribution is 0.0828. The Morgan fingerprint density at radius 3 is 2.74 bits per heavy atom. The van der Waals surface area contributed by atoms with E-state index in [0.29, 0.717) is 0 Å². The SMILES string of the molecule is C=CC1=CC[Si](C)(C)OC12C[C@H](C)CCC2=C(C)C. The van der Waals surface area contributed by atoms with Crippen molar-refractivity contribution >= 4 is 8.32 Å². The van der Waals surface area contributed by atoms with Crippen molar-refractivity contribution in [1.82, 2.24) is 0 Å². The second-order valence-corrected chi connectivity index (χ2v) is 11.2. The van der Waals surface area contributed by atoms with Crippen LogP contribution in [-0.2, 0) is 4.43 Å². The maximum atomic E-state index is 6.79. The van der Waals surface area contributed by atoms with Crippen LogP contribution in [0.5, 0.6) is 0 Å². The lowest BCUT2D eigenvalue weighted by Crippen LogP contribution is -2.52. The first-order chi connectivity index (χ1) is 8.81. The van der Waals surface area contributed by atoms with Gasteiger partial charge in [-0.25, -0.2) is 0 Å². The Morgan fingerprint density at radius 1 is 1.47 bits per heavy atom. The van der Waals surface area contributed by atoms with Crippen LogP contribution in [0.3, 0.4) is 0 Å². The highest BCUT2D eigenvalue weighted by atomic mass is 28.4. The molecule has 2 heteroatoms. The van der Waals surface area contributed by atoms with Crippen LogP contribution in [-0.4, -0.2) is 13.9 Å². The van der Waals surface area contributed by atoms with Gasteiger partial charge in [0.15, 0.2) is 8.32 Å². The molecule has 2 rings (SSSR count). The molecule has 1 unspecified atom stereocenters. The molecule has 106 valence electrons. The van der Waals surface area contributed by atoms with Gasteiger partial charge in [-0.3, -0.25) is 0 Å². The van der Waals surface area contributed by atoms with Gasteiger partial charge in [-0.15, -0.1) is 0 Å². The van der Waals surface area contributed by atoms with Crippen LogP contribution < -0.4 is 0 Å². The summed E-state index contributed by atoms with van der Waals surface area (Å²) in [5.41, 5.74) is 4.14. The first-order valence-corrected chi connectivity index (χ1v) is 10.6. The highest BCUT2D eigenvalue weighted by Crippen LogP contribution is 2.49. The second kappa shape index (κ2) is 5.06. The minimum Gasteiger partial charge on any atom is -0.404 e. The Hall–Kier alpha value is -0.603. The first kappa shape index (κ1) is 14.8. The quantitative estimate of drug-likeness (QED) is 0.471. The fourth-order valence-electron chi connectivity index (χ4n) is 3.70. The molecule has 2 atom stereocenters. The van der Waals surface area contributed by atoms with Crippen molar-refractivity contribution < 1.29 is 4.43 Å². The normalized spacial score (nSPS) is 34.1. The standard InChI is InChI=1S/C17H28OSi/c1-7-15-10-11-19(5,6)18-17(15)12-14(4)8-9-16(17)13(2)3/h7,10,14H,1,8-9,11-12H2,2-6H3/t14-,17?/m1/s1. The highest BCUT2D eigenvalue weighted by molar-refractivity contribution is 6.72. The van der Waals surface area contributed by atoms with E-state index in [4.69, 9.17) is 4.43 Å². The Kier molecular flexibility index (Phi) is 3.94. The molecule has 0 aromatic heterocycles. The van der Waals surface area contributed by atoms with E-state index in [0.717, 1.165) is 18.4 Å². The highest BCUT2D eigenvalue weighted by Gasteiger charge is 2.48. The molecule has 2 aliphatic rings. The minimum atomic E-state index is -1.58. The van der Waals surface area contributed by atoms with Crippen molar-refractivity contribution in [3.05, 3.63) is 35.5 Å². The molecule has 1 fully saturated rings. The molecule has 0 N–H and O–H groups in total. The summed E-state index contributed by atoms with van der Waals surface area (Å²) in [5.74, 6) is 0.731. The zero-order valence-electron chi connectivity index (χ0n) is 13.2. The first-order valence-electron chi connectivity index (χ1n) is 7.51. The van der Waals surface area contributed by atoms with Crippen LogP contribution in [0.4, 0.5) is 0 Å². The predicted molar refractivity (Wildman–Crippen MR) is 85.8 cm³/mol. The molecule has 0 aromatic rings. The van der Waals surface area contributed by atoms with Gasteiger partial charge >= 0.3 is 0 Å². The van der Waals surface area contributed by atoms with E-state index >= 15 is 0 Å². The summed E-state index contributed by atoms with van der Waals surface area (Å²) >= 11 is 0. The van der Waals surface area contributed by atoms with Gasteiger partial charge in [0.25, 0.3) is 0 Å². The fourth-order valence-corrected chi connectivity index (χ4v) is 5.76. The van der Waals surface area contributed by atoms with Gasteiger partial charge in [0.05, 0.1) is 0 Å². The largest absolute Gasteiger partial charge is 0.404 e. The van der Waals surface area contributed by atoms with Crippen LogP contribution in [0.1, 0.15) is 40.0 Å². The number of allylic oxidation sites excluding steroid dienone is 2.